The predicted octanol–water partition coefficient (Wildman–Crippen LogP) is 4.85. The SMILES string of the molecule is CCOP(=O)(OCC)Oc1cc(C)ccc1C(C)(C)C. The van der Waals surface area contributed by atoms with Crippen LogP contribution in [0.4, 0.5) is 0 Å². The van der Waals surface area contributed by atoms with Crippen LogP contribution in [0.25, 0.3) is 0 Å². The number of rotatable bonds is 6. The summed E-state index contributed by atoms with van der Waals surface area (Å²) in [7, 11) is -3.56. The second-order valence-corrected chi connectivity index (χ2v) is 7.22. The van der Waals surface area contributed by atoms with Crippen LogP contribution in [0.5, 0.6) is 5.75 Å². The molecule has 0 aliphatic rings. The number of aryl methyl sites for hydroxylation is 1. The summed E-state index contributed by atoms with van der Waals surface area (Å²) in [6, 6.07) is 5.87. The van der Waals surface area contributed by atoms with Gasteiger partial charge in [-0.05, 0) is 37.8 Å². The Morgan fingerprint density at radius 2 is 1.65 bits per heavy atom. The van der Waals surface area contributed by atoms with E-state index in [9.17, 15) is 4.57 Å². The smallest absolute Gasteiger partial charge is 0.404 e. The molecule has 0 amide bonds. The van der Waals surface area contributed by atoms with E-state index < -0.39 is 7.82 Å². The van der Waals surface area contributed by atoms with Gasteiger partial charge in [0.25, 0.3) is 0 Å². The van der Waals surface area contributed by atoms with Crippen molar-refractivity contribution in [1.29, 1.82) is 0 Å². The predicted molar refractivity (Wildman–Crippen MR) is 81.4 cm³/mol. The first-order valence-electron chi connectivity index (χ1n) is 6.91. The van der Waals surface area contributed by atoms with Gasteiger partial charge in [0.15, 0.2) is 0 Å². The normalized spacial score (nSPS) is 12.5. The minimum Gasteiger partial charge on any atom is -0.404 e. The fraction of sp³-hybridized carbons (Fsp3) is 0.600. The maximum absolute atomic E-state index is 12.5. The molecule has 0 aliphatic carbocycles. The highest BCUT2D eigenvalue weighted by molar-refractivity contribution is 7.48. The van der Waals surface area contributed by atoms with Gasteiger partial charge in [0, 0.05) is 5.56 Å². The van der Waals surface area contributed by atoms with Crippen LogP contribution >= 0.6 is 7.82 Å². The molecule has 0 heterocycles. The quantitative estimate of drug-likeness (QED) is 0.704. The van der Waals surface area contributed by atoms with Crippen LogP contribution in [0.15, 0.2) is 18.2 Å². The van der Waals surface area contributed by atoms with Crippen molar-refractivity contribution >= 4 is 7.82 Å². The van der Waals surface area contributed by atoms with Gasteiger partial charge in [0.05, 0.1) is 13.2 Å². The number of hydrogen-bond donors (Lipinski definition) is 0. The van der Waals surface area contributed by atoms with Crippen molar-refractivity contribution < 1.29 is 18.1 Å². The lowest BCUT2D eigenvalue weighted by molar-refractivity contribution is 0.167. The summed E-state index contributed by atoms with van der Waals surface area (Å²) in [5, 5.41) is 0. The zero-order valence-corrected chi connectivity index (χ0v) is 14.1. The monoisotopic (exact) mass is 300 g/mol. The second-order valence-electron chi connectivity index (χ2n) is 5.62. The average molecular weight is 300 g/mol. The molecule has 0 saturated heterocycles. The van der Waals surface area contributed by atoms with Crippen LogP contribution in [0.3, 0.4) is 0 Å². The summed E-state index contributed by atoms with van der Waals surface area (Å²) >= 11 is 0. The largest absolute Gasteiger partial charge is 0.530 e. The van der Waals surface area contributed by atoms with E-state index in [1.807, 2.05) is 25.1 Å². The van der Waals surface area contributed by atoms with Crippen LogP contribution in [0.1, 0.15) is 45.7 Å². The second kappa shape index (κ2) is 6.75. The molecule has 0 unspecified atom stereocenters. The molecule has 0 bridgehead atoms. The molecule has 0 saturated carbocycles. The highest BCUT2D eigenvalue weighted by atomic mass is 31.2. The molecule has 20 heavy (non-hydrogen) atoms. The van der Waals surface area contributed by atoms with Crippen molar-refractivity contribution in [3.8, 4) is 5.75 Å². The average Bonchev–Trinajstić information content (AvgIpc) is 2.27. The van der Waals surface area contributed by atoms with Gasteiger partial charge < -0.3 is 4.52 Å². The third-order valence-corrected chi connectivity index (χ3v) is 4.30. The Bertz CT molecular complexity index is 481. The van der Waals surface area contributed by atoms with Gasteiger partial charge >= 0.3 is 7.82 Å². The standard InChI is InChI=1S/C15H25O4P/c1-7-17-20(16,18-8-2)19-14-11-12(3)9-10-13(14)15(4,5)6/h9-11H,7-8H2,1-6H3. The highest BCUT2D eigenvalue weighted by Gasteiger charge is 2.30. The number of phosphoric acid groups is 1. The summed E-state index contributed by atoms with van der Waals surface area (Å²) in [6.45, 7) is 12.3. The Balaban J connectivity index is 3.18. The van der Waals surface area contributed by atoms with Crippen molar-refractivity contribution in [2.75, 3.05) is 13.2 Å². The maximum Gasteiger partial charge on any atom is 0.530 e. The van der Waals surface area contributed by atoms with E-state index in [-0.39, 0.29) is 18.6 Å². The van der Waals surface area contributed by atoms with Gasteiger partial charge in [-0.2, -0.15) is 0 Å². The molecular formula is C15H25O4P. The summed E-state index contributed by atoms with van der Waals surface area (Å²) in [5.41, 5.74) is 1.89. The van der Waals surface area contributed by atoms with Gasteiger partial charge in [0.2, 0.25) is 0 Å². The lowest BCUT2D eigenvalue weighted by Crippen LogP contribution is -2.14. The zero-order chi connectivity index (χ0) is 15.4. The van der Waals surface area contributed by atoms with Crippen molar-refractivity contribution in [3.05, 3.63) is 29.3 Å². The molecule has 0 atom stereocenters. The number of phosphoric ester groups is 1. The van der Waals surface area contributed by atoms with Crippen molar-refractivity contribution in [2.45, 2.75) is 47.0 Å². The van der Waals surface area contributed by atoms with E-state index in [0.717, 1.165) is 11.1 Å². The van der Waals surface area contributed by atoms with Crippen LogP contribution in [0.2, 0.25) is 0 Å². The van der Waals surface area contributed by atoms with Gasteiger partial charge in [-0.25, -0.2) is 4.57 Å². The Labute approximate surface area is 122 Å². The molecule has 1 rings (SSSR count). The topological polar surface area (TPSA) is 44.8 Å². The van der Waals surface area contributed by atoms with E-state index in [1.54, 1.807) is 13.8 Å². The van der Waals surface area contributed by atoms with Gasteiger partial charge in [0.1, 0.15) is 5.75 Å². The summed E-state index contributed by atoms with van der Waals surface area (Å²) in [4.78, 5) is 0. The highest BCUT2D eigenvalue weighted by Crippen LogP contribution is 2.51. The van der Waals surface area contributed by atoms with E-state index in [1.165, 1.54) is 0 Å². The van der Waals surface area contributed by atoms with Gasteiger partial charge in [-0.15, -0.1) is 0 Å². The van der Waals surface area contributed by atoms with E-state index in [4.69, 9.17) is 13.6 Å². The lowest BCUT2D eigenvalue weighted by atomic mass is 9.86. The first-order valence-corrected chi connectivity index (χ1v) is 8.37. The molecule has 0 fully saturated rings. The van der Waals surface area contributed by atoms with Crippen LogP contribution in [-0.4, -0.2) is 13.2 Å². The van der Waals surface area contributed by atoms with Gasteiger partial charge in [-0.1, -0.05) is 32.9 Å². The van der Waals surface area contributed by atoms with Crippen LogP contribution in [-0.2, 0) is 19.0 Å². The third-order valence-electron chi connectivity index (χ3n) is 2.73. The molecule has 1 aromatic rings. The molecular weight excluding hydrogens is 275 g/mol. The molecule has 4 nitrogen and oxygen atoms in total. The van der Waals surface area contributed by atoms with E-state index >= 15 is 0 Å². The molecule has 114 valence electrons. The molecule has 1 aromatic carbocycles. The fourth-order valence-electron chi connectivity index (χ4n) is 1.85. The molecule has 0 aromatic heterocycles. The Morgan fingerprint density at radius 1 is 1.10 bits per heavy atom. The fourth-order valence-corrected chi connectivity index (χ4v) is 3.06. The van der Waals surface area contributed by atoms with Crippen molar-refractivity contribution in [1.82, 2.24) is 0 Å². The summed E-state index contributed by atoms with van der Waals surface area (Å²) in [5.74, 6) is 0.558. The summed E-state index contributed by atoms with van der Waals surface area (Å²) in [6.07, 6.45) is 0. The Hall–Kier alpha value is -0.830. The van der Waals surface area contributed by atoms with Crippen LogP contribution in [0, 0.1) is 6.92 Å². The zero-order valence-electron chi connectivity index (χ0n) is 13.2. The third kappa shape index (κ3) is 4.62. The van der Waals surface area contributed by atoms with E-state index in [0.29, 0.717) is 5.75 Å². The van der Waals surface area contributed by atoms with Crippen molar-refractivity contribution in [2.24, 2.45) is 0 Å². The summed E-state index contributed by atoms with van der Waals surface area (Å²) < 4.78 is 28.5. The molecule has 5 heteroatoms. The first-order chi connectivity index (χ1) is 9.22. The Morgan fingerprint density at radius 3 is 2.10 bits per heavy atom. The maximum atomic E-state index is 12.5. The van der Waals surface area contributed by atoms with Gasteiger partial charge in [-0.3, -0.25) is 9.05 Å². The van der Waals surface area contributed by atoms with Crippen molar-refractivity contribution in [3.63, 3.8) is 0 Å². The number of hydrogen-bond acceptors (Lipinski definition) is 4. The molecule has 0 aliphatic heterocycles. The minimum absolute atomic E-state index is 0.119. The Kier molecular flexibility index (Phi) is 5.81. The first kappa shape index (κ1) is 17.2. The van der Waals surface area contributed by atoms with E-state index in [2.05, 4.69) is 20.8 Å². The minimum atomic E-state index is -3.56. The molecule has 0 N–H and O–H groups in total. The number of benzene rings is 1. The van der Waals surface area contributed by atoms with Crippen LogP contribution < -0.4 is 4.52 Å². The molecule has 0 spiro atoms. The molecule has 0 radical (unpaired) electrons. The lowest BCUT2D eigenvalue weighted by Gasteiger charge is -2.25.